The number of nitrogens with zero attached hydrogens (tertiary/aromatic N) is 1. The van der Waals surface area contributed by atoms with Crippen molar-refractivity contribution in [2.75, 3.05) is 0 Å². The average molecular weight is 322 g/mol. The van der Waals surface area contributed by atoms with Crippen LogP contribution in [0.15, 0.2) is 36.0 Å². The van der Waals surface area contributed by atoms with Crippen LogP contribution < -0.4 is 10.8 Å². The maximum atomic E-state index is 10.8. The van der Waals surface area contributed by atoms with Gasteiger partial charge in [-0.3, -0.25) is 20.8 Å². The minimum atomic E-state index is -0.899. The third kappa shape index (κ3) is 3.52. The highest BCUT2D eigenvalue weighted by molar-refractivity contribution is 5.35. The monoisotopic (exact) mass is 322 g/mol. The lowest BCUT2D eigenvalue weighted by Gasteiger charge is -2.44. The van der Waals surface area contributed by atoms with Crippen LogP contribution in [0.2, 0.25) is 0 Å². The van der Waals surface area contributed by atoms with Crippen LogP contribution in [0.3, 0.4) is 0 Å². The predicted octanol–water partition coefficient (Wildman–Crippen LogP) is 1.24. The van der Waals surface area contributed by atoms with Gasteiger partial charge in [0.25, 0.3) is 5.69 Å². The number of aliphatic hydroxyl groups is 1. The Balaban J connectivity index is 2.39. The number of hydrogen-bond acceptors (Lipinski definition) is 5. The van der Waals surface area contributed by atoms with Crippen LogP contribution >= 0.6 is 0 Å². The molecule has 0 saturated heterocycles. The van der Waals surface area contributed by atoms with Crippen LogP contribution in [0.25, 0.3) is 0 Å². The van der Waals surface area contributed by atoms with Gasteiger partial charge in [-0.1, -0.05) is 0 Å². The summed E-state index contributed by atoms with van der Waals surface area (Å²) in [5.74, 6) is -0.387. The van der Waals surface area contributed by atoms with Crippen molar-refractivity contribution >= 4 is 5.69 Å². The number of rotatable bonds is 4. The van der Waals surface area contributed by atoms with Gasteiger partial charge in [0.1, 0.15) is 11.1 Å². The van der Waals surface area contributed by atoms with E-state index in [1.54, 1.807) is 12.1 Å². The standard InChI is InChI=1S/C16H23N3O4/c1-15(2)9-12(17-21)13(16(3,4)18-15)14(20)10-5-7-11(8-6-10)19(22)23/h5-9,13-14,17-18,20-21H,1-4H3/p+1. The Morgan fingerprint density at radius 3 is 2.30 bits per heavy atom. The van der Waals surface area contributed by atoms with E-state index in [-0.39, 0.29) is 22.7 Å². The summed E-state index contributed by atoms with van der Waals surface area (Å²) in [5, 5.41) is 33.2. The fourth-order valence-electron chi connectivity index (χ4n) is 3.65. The second-order valence-corrected chi connectivity index (χ2v) is 7.27. The first-order chi connectivity index (χ1) is 10.6. The molecule has 7 heteroatoms. The minimum absolute atomic E-state index is 0.0207. The third-order valence-electron chi connectivity index (χ3n) is 4.30. The molecule has 23 heavy (non-hydrogen) atoms. The molecule has 2 rings (SSSR count). The highest BCUT2D eigenvalue weighted by Crippen LogP contribution is 2.37. The van der Waals surface area contributed by atoms with Crippen LogP contribution in [0, 0.1) is 16.0 Å². The Hall–Kier alpha value is -1.96. The zero-order chi connectivity index (χ0) is 17.4. The van der Waals surface area contributed by atoms with E-state index < -0.39 is 11.0 Å². The van der Waals surface area contributed by atoms with Crippen LogP contribution in [0.1, 0.15) is 39.4 Å². The molecule has 1 aromatic carbocycles. The molecule has 5 N–H and O–H groups in total. The summed E-state index contributed by atoms with van der Waals surface area (Å²) in [6, 6.07) is 5.84. The molecule has 1 aliphatic heterocycles. The van der Waals surface area contributed by atoms with Gasteiger partial charge in [-0.2, -0.15) is 0 Å². The highest BCUT2D eigenvalue weighted by atomic mass is 16.6. The fourth-order valence-corrected chi connectivity index (χ4v) is 3.65. The molecule has 0 bridgehead atoms. The molecule has 0 radical (unpaired) electrons. The smallest absolute Gasteiger partial charge is 0.269 e. The van der Waals surface area contributed by atoms with Crippen molar-refractivity contribution in [1.29, 1.82) is 0 Å². The van der Waals surface area contributed by atoms with Gasteiger partial charge in [0, 0.05) is 12.1 Å². The molecular formula is C16H24N3O4+. The molecule has 2 atom stereocenters. The first-order valence-electron chi connectivity index (χ1n) is 7.50. The topological polar surface area (TPSA) is 112 Å². The van der Waals surface area contributed by atoms with Crippen molar-refractivity contribution in [2.24, 2.45) is 5.92 Å². The predicted molar refractivity (Wildman–Crippen MR) is 84.6 cm³/mol. The molecule has 0 spiro atoms. The number of nitrogens with two attached hydrogens (primary N) is 1. The lowest BCUT2D eigenvalue weighted by molar-refractivity contribution is -0.779. The summed E-state index contributed by atoms with van der Waals surface area (Å²) in [7, 11) is 0. The molecule has 0 aromatic heterocycles. The van der Waals surface area contributed by atoms with Gasteiger partial charge in [0.2, 0.25) is 0 Å². The van der Waals surface area contributed by atoms with Crippen molar-refractivity contribution in [2.45, 2.75) is 44.9 Å². The van der Waals surface area contributed by atoms with Crippen LogP contribution in [-0.4, -0.2) is 26.3 Å². The van der Waals surface area contributed by atoms with Gasteiger partial charge in [0.15, 0.2) is 0 Å². The van der Waals surface area contributed by atoms with E-state index in [0.717, 1.165) is 0 Å². The molecule has 0 fully saturated rings. The van der Waals surface area contributed by atoms with Gasteiger partial charge >= 0.3 is 0 Å². The third-order valence-corrected chi connectivity index (χ3v) is 4.30. The van der Waals surface area contributed by atoms with Gasteiger partial charge < -0.3 is 10.4 Å². The van der Waals surface area contributed by atoms with Gasteiger partial charge in [-0.05, 0) is 51.5 Å². The molecule has 0 amide bonds. The maximum absolute atomic E-state index is 10.8. The molecule has 7 nitrogen and oxygen atoms in total. The number of non-ortho nitro benzene ring substituents is 1. The quantitative estimate of drug-likeness (QED) is 0.492. The normalized spacial score (nSPS) is 23.7. The van der Waals surface area contributed by atoms with E-state index in [1.165, 1.54) is 12.1 Å². The molecule has 1 aromatic rings. The highest BCUT2D eigenvalue weighted by Gasteiger charge is 2.48. The number of hydroxylamine groups is 1. The molecule has 2 unspecified atom stereocenters. The summed E-state index contributed by atoms with van der Waals surface area (Å²) in [6.07, 6.45) is 0.987. The number of nitro groups is 1. The van der Waals surface area contributed by atoms with Crippen molar-refractivity contribution in [3.63, 3.8) is 0 Å². The van der Waals surface area contributed by atoms with Gasteiger partial charge in [0.05, 0.1) is 22.6 Å². The van der Waals surface area contributed by atoms with Crippen molar-refractivity contribution in [3.05, 3.63) is 51.7 Å². The second kappa shape index (κ2) is 5.92. The zero-order valence-corrected chi connectivity index (χ0v) is 13.8. The van der Waals surface area contributed by atoms with Crippen LogP contribution in [0.5, 0.6) is 0 Å². The van der Waals surface area contributed by atoms with Crippen LogP contribution in [0.4, 0.5) is 5.69 Å². The minimum Gasteiger partial charge on any atom is -0.387 e. The summed E-state index contributed by atoms with van der Waals surface area (Å²) in [6.45, 7) is 8.05. The molecule has 1 heterocycles. The molecule has 0 saturated carbocycles. The summed E-state index contributed by atoms with van der Waals surface area (Å²) in [5.41, 5.74) is 2.71. The molecular weight excluding hydrogens is 298 g/mol. The van der Waals surface area contributed by atoms with E-state index in [2.05, 4.69) is 10.8 Å². The van der Waals surface area contributed by atoms with Crippen LogP contribution in [-0.2, 0) is 0 Å². The second-order valence-electron chi connectivity index (χ2n) is 7.27. The molecule has 1 aliphatic rings. The van der Waals surface area contributed by atoms with E-state index in [0.29, 0.717) is 11.3 Å². The Morgan fingerprint density at radius 2 is 1.83 bits per heavy atom. The molecule has 126 valence electrons. The van der Waals surface area contributed by atoms with E-state index in [9.17, 15) is 20.4 Å². The van der Waals surface area contributed by atoms with E-state index in [4.69, 9.17) is 0 Å². The summed E-state index contributed by atoms with van der Waals surface area (Å²) >= 11 is 0. The number of aliphatic hydroxyl groups excluding tert-OH is 1. The Bertz CT molecular complexity index is 623. The lowest BCUT2D eigenvalue weighted by Crippen LogP contribution is -3.06. The fraction of sp³-hybridized carbons (Fsp3) is 0.500. The van der Waals surface area contributed by atoms with Crippen molar-refractivity contribution in [3.8, 4) is 0 Å². The Morgan fingerprint density at radius 1 is 1.26 bits per heavy atom. The van der Waals surface area contributed by atoms with Gasteiger partial charge in [-0.25, -0.2) is 0 Å². The zero-order valence-electron chi connectivity index (χ0n) is 13.8. The lowest BCUT2D eigenvalue weighted by atomic mass is 9.73. The van der Waals surface area contributed by atoms with Gasteiger partial charge in [-0.15, -0.1) is 0 Å². The molecule has 0 aliphatic carbocycles. The van der Waals surface area contributed by atoms with E-state index in [1.807, 2.05) is 33.8 Å². The number of quaternary nitrogens is 1. The summed E-state index contributed by atoms with van der Waals surface area (Å²) in [4.78, 5) is 10.3. The first-order valence-corrected chi connectivity index (χ1v) is 7.50. The number of benzene rings is 1. The number of hydrogen-bond donors (Lipinski definition) is 4. The maximum Gasteiger partial charge on any atom is 0.269 e. The SMILES string of the molecule is CC1(C)C=C(NO)C(C(O)c2ccc([N+](=O)[O-])cc2)C(C)(C)[NH2+]1. The van der Waals surface area contributed by atoms with Crippen molar-refractivity contribution < 1.29 is 20.6 Å². The Kier molecular flexibility index (Phi) is 4.48. The number of nitro benzene ring substituents is 1. The van der Waals surface area contributed by atoms with E-state index >= 15 is 0 Å². The van der Waals surface area contributed by atoms with Crippen molar-refractivity contribution in [1.82, 2.24) is 5.48 Å². The Labute approximate surface area is 135 Å². The number of nitrogens with one attached hydrogen (secondary N) is 1. The summed E-state index contributed by atoms with van der Waals surface area (Å²) < 4.78 is 0. The largest absolute Gasteiger partial charge is 0.387 e. The average Bonchev–Trinajstić information content (AvgIpc) is 2.43. The first kappa shape index (κ1) is 17.4.